The van der Waals surface area contributed by atoms with Gasteiger partial charge in [0.1, 0.15) is 0 Å². The summed E-state index contributed by atoms with van der Waals surface area (Å²) in [6, 6.07) is 19.5. The first kappa shape index (κ1) is 15.4. The van der Waals surface area contributed by atoms with E-state index in [1.807, 2.05) is 49.4 Å². The van der Waals surface area contributed by atoms with Gasteiger partial charge in [0.05, 0.1) is 0 Å². The number of amides is 2. The molecule has 25 heavy (non-hydrogen) atoms. The minimum atomic E-state index is -0.217. The topological polar surface area (TPSA) is 49.4 Å². The van der Waals surface area contributed by atoms with Crippen LogP contribution in [-0.4, -0.2) is 23.3 Å². The molecule has 1 aliphatic heterocycles. The quantitative estimate of drug-likeness (QED) is 0.734. The predicted molar refractivity (Wildman–Crippen MR) is 98.8 cm³/mol. The van der Waals surface area contributed by atoms with Crippen LogP contribution in [0.25, 0.3) is 10.8 Å². The second-order valence-corrected chi connectivity index (χ2v) is 6.08. The van der Waals surface area contributed by atoms with E-state index in [2.05, 4.69) is 17.4 Å². The number of carbonyl (C=O) groups excluding carboxylic acids is 2. The van der Waals surface area contributed by atoms with Gasteiger partial charge in [-0.15, -0.1) is 0 Å². The third-order valence-electron chi connectivity index (χ3n) is 4.63. The monoisotopic (exact) mass is 330 g/mol. The fourth-order valence-corrected chi connectivity index (χ4v) is 3.38. The molecule has 1 heterocycles. The van der Waals surface area contributed by atoms with Crippen molar-refractivity contribution < 1.29 is 9.59 Å². The van der Waals surface area contributed by atoms with E-state index in [9.17, 15) is 9.59 Å². The maximum Gasteiger partial charge on any atom is 0.261 e. The number of rotatable bonds is 4. The van der Waals surface area contributed by atoms with E-state index in [1.165, 1.54) is 10.5 Å². The van der Waals surface area contributed by atoms with Crippen molar-refractivity contribution in [3.8, 4) is 0 Å². The number of hydrogen-bond acceptors (Lipinski definition) is 3. The van der Waals surface area contributed by atoms with Gasteiger partial charge in [0, 0.05) is 40.7 Å². The molecule has 3 aromatic rings. The van der Waals surface area contributed by atoms with E-state index in [1.54, 1.807) is 6.07 Å². The maximum absolute atomic E-state index is 12.6. The Kier molecular flexibility index (Phi) is 3.73. The Morgan fingerprint density at radius 1 is 0.840 bits per heavy atom. The average Bonchev–Trinajstić information content (AvgIpc) is 2.66. The van der Waals surface area contributed by atoms with E-state index in [4.69, 9.17) is 0 Å². The van der Waals surface area contributed by atoms with Crippen molar-refractivity contribution in [3.05, 3.63) is 77.4 Å². The Hall–Kier alpha value is -3.14. The van der Waals surface area contributed by atoms with Crippen LogP contribution in [0.15, 0.2) is 60.7 Å². The SMILES string of the molecule is CCN1C(=O)c2cccc3c(NCc4ccccc4)ccc(c23)C1=O. The number of anilines is 1. The van der Waals surface area contributed by atoms with Crippen LogP contribution >= 0.6 is 0 Å². The van der Waals surface area contributed by atoms with Gasteiger partial charge in [-0.2, -0.15) is 0 Å². The van der Waals surface area contributed by atoms with Gasteiger partial charge in [-0.05, 0) is 30.7 Å². The van der Waals surface area contributed by atoms with Gasteiger partial charge in [-0.1, -0.05) is 42.5 Å². The molecule has 4 nitrogen and oxygen atoms in total. The Balaban J connectivity index is 1.79. The molecule has 0 fully saturated rings. The van der Waals surface area contributed by atoms with Crippen molar-refractivity contribution >= 4 is 28.3 Å². The maximum atomic E-state index is 12.6. The summed E-state index contributed by atoms with van der Waals surface area (Å²) in [4.78, 5) is 26.5. The molecule has 0 spiro atoms. The predicted octanol–water partition coefficient (Wildman–Crippen LogP) is 4.07. The molecule has 0 saturated heterocycles. The highest BCUT2D eigenvalue weighted by atomic mass is 16.2. The molecule has 0 aromatic heterocycles. The summed E-state index contributed by atoms with van der Waals surface area (Å²) in [6.45, 7) is 2.88. The molecule has 4 rings (SSSR count). The number of carbonyl (C=O) groups is 2. The van der Waals surface area contributed by atoms with Gasteiger partial charge in [0.25, 0.3) is 11.8 Å². The summed E-state index contributed by atoms with van der Waals surface area (Å²) in [5.74, 6) is -0.434. The lowest BCUT2D eigenvalue weighted by molar-refractivity contribution is 0.0619. The first-order valence-electron chi connectivity index (χ1n) is 8.40. The van der Waals surface area contributed by atoms with Crippen molar-refractivity contribution in [2.75, 3.05) is 11.9 Å². The number of imide groups is 1. The standard InChI is InChI=1S/C21H18N2O2/c1-2-23-20(24)16-10-6-9-15-18(12-11-17(19(15)16)21(23)25)22-13-14-7-4-3-5-8-14/h3-12,22H,2,13H2,1H3. The second-order valence-electron chi connectivity index (χ2n) is 6.08. The zero-order valence-corrected chi connectivity index (χ0v) is 14.0. The summed E-state index contributed by atoms with van der Waals surface area (Å²) in [6.07, 6.45) is 0. The number of hydrogen-bond donors (Lipinski definition) is 1. The lowest BCUT2D eigenvalue weighted by Gasteiger charge is -2.26. The molecule has 1 aliphatic rings. The van der Waals surface area contributed by atoms with E-state index in [0.29, 0.717) is 24.2 Å². The minimum Gasteiger partial charge on any atom is -0.380 e. The summed E-state index contributed by atoms with van der Waals surface area (Å²) in [5, 5.41) is 5.08. The van der Waals surface area contributed by atoms with Crippen molar-refractivity contribution in [3.63, 3.8) is 0 Å². The van der Waals surface area contributed by atoms with Crippen LogP contribution in [0.2, 0.25) is 0 Å². The first-order chi connectivity index (χ1) is 12.2. The fraction of sp³-hybridized carbons (Fsp3) is 0.143. The van der Waals surface area contributed by atoms with Crippen LogP contribution in [0.4, 0.5) is 5.69 Å². The molecule has 1 N–H and O–H groups in total. The van der Waals surface area contributed by atoms with Crippen LogP contribution in [0, 0.1) is 0 Å². The molecule has 0 bridgehead atoms. The molecule has 0 unspecified atom stereocenters. The molecular formula is C21H18N2O2. The molecule has 0 atom stereocenters. The molecule has 0 aliphatic carbocycles. The third-order valence-corrected chi connectivity index (χ3v) is 4.63. The van der Waals surface area contributed by atoms with Gasteiger partial charge in [0.2, 0.25) is 0 Å². The highest BCUT2D eigenvalue weighted by Gasteiger charge is 2.32. The molecule has 124 valence electrons. The molecule has 0 saturated carbocycles. The normalized spacial score (nSPS) is 13.4. The smallest absolute Gasteiger partial charge is 0.261 e. The largest absolute Gasteiger partial charge is 0.380 e. The molecule has 0 radical (unpaired) electrons. The Morgan fingerprint density at radius 3 is 2.28 bits per heavy atom. The summed E-state index contributed by atoms with van der Waals surface area (Å²) < 4.78 is 0. The van der Waals surface area contributed by atoms with Gasteiger partial charge in [-0.3, -0.25) is 14.5 Å². The van der Waals surface area contributed by atoms with E-state index in [-0.39, 0.29) is 11.8 Å². The highest BCUT2D eigenvalue weighted by molar-refractivity contribution is 6.26. The third kappa shape index (κ3) is 2.47. The van der Waals surface area contributed by atoms with Gasteiger partial charge >= 0.3 is 0 Å². The first-order valence-corrected chi connectivity index (χ1v) is 8.40. The zero-order chi connectivity index (χ0) is 17.4. The van der Waals surface area contributed by atoms with Crippen LogP contribution < -0.4 is 5.32 Å². The Labute approximate surface area is 146 Å². The Morgan fingerprint density at radius 2 is 1.56 bits per heavy atom. The second kappa shape index (κ2) is 6.06. The average molecular weight is 330 g/mol. The van der Waals surface area contributed by atoms with Crippen LogP contribution in [0.1, 0.15) is 33.2 Å². The molecular weight excluding hydrogens is 312 g/mol. The van der Waals surface area contributed by atoms with E-state index in [0.717, 1.165) is 16.5 Å². The van der Waals surface area contributed by atoms with Crippen LogP contribution in [0.5, 0.6) is 0 Å². The van der Waals surface area contributed by atoms with Crippen molar-refractivity contribution in [2.45, 2.75) is 13.5 Å². The van der Waals surface area contributed by atoms with E-state index < -0.39 is 0 Å². The molecule has 3 aromatic carbocycles. The summed E-state index contributed by atoms with van der Waals surface area (Å²) >= 11 is 0. The van der Waals surface area contributed by atoms with Crippen molar-refractivity contribution in [1.82, 2.24) is 4.90 Å². The number of nitrogens with one attached hydrogen (secondary N) is 1. The molecule has 4 heteroatoms. The minimum absolute atomic E-state index is 0.217. The molecule has 2 amide bonds. The van der Waals surface area contributed by atoms with Crippen molar-refractivity contribution in [2.24, 2.45) is 0 Å². The van der Waals surface area contributed by atoms with E-state index >= 15 is 0 Å². The summed E-state index contributed by atoms with van der Waals surface area (Å²) in [7, 11) is 0. The highest BCUT2D eigenvalue weighted by Crippen LogP contribution is 2.34. The van der Waals surface area contributed by atoms with Crippen LogP contribution in [-0.2, 0) is 6.54 Å². The number of nitrogens with zero attached hydrogens (tertiary/aromatic N) is 1. The van der Waals surface area contributed by atoms with Gasteiger partial charge < -0.3 is 5.32 Å². The van der Waals surface area contributed by atoms with Gasteiger partial charge in [0.15, 0.2) is 0 Å². The lowest BCUT2D eigenvalue weighted by Crippen LogP contribution is -2.40. The lowest BCUT2D eigenvalue weighted by atomic mass is 9.93. The van der Waals surface area contributed by atoms with Gasteiger partial charge in [-0.25, -0.2) is 0 Å². The number of benzene rings is 3. The Bertz CT molecular complexity index is 958. The van der Waals surface area contributed by atoms with Crippen LogP contribution in [0.3, 0.4) is 0 Å². The van der Waals surface area contributed by atoms with Crippen molar-refractivity contribution in [1.29, 1.82) is 0 Å². The zero-order valence-electron chi connectivity index (χ0n) is 14.0. The fourth-order valence-electron chi connectivity index (χ4n) is 3.38. The summed E-state index contributed by atoms with van der Waals surface area (Å²) in [5.41, 5.74) is 3.29.